The van der Waals surface area contributed by atoms with Crippen molar-refractivity contribution in [1.29, 1.82) is 0 Å². The molecule has 19 rings (SSSR count). The zero-order chi connectivity index (χ0) is 77.2. The van der Waals surface area contributed by atoms with Gasteiger partial charge in [-0.2, -0.15) is 0 Å². The number of aromatic nitrogens is 1. The van der Waals surface area contributed by atoms with Crippen LogP contribution in [0.2, 0.25) is 0 Å². The SMILES string of the molecule is CC(C)(C)c1ccc(-c2cc3c4c(c2)N(c2c(-c5ccccc5)cc(C(C)(C)C)cc2-c2ccccc2)c2cc(-n5c6ccc(C(C)(C)C)cc6c6cc(C(C)(C)C)ccc65)ccc2B4c2ccc(-c4ccc5ccc6cccc7ccc4c5c67)cc2N3c2c(-c3ccccc3)cc(C(C)(C)C)cc2-c2ccccc2)cc1. The monoisotopic (exact) mass is 1450 g/mol. The van der Waals surface area contributed by atoms with Crippen LogP contribution >= 0.6 is 0 Å². The molecule has 0 atom stereocenters. The van der Waals surface area contributed by atoms with Crippen molar-refractivity contribution in [1.82, 2.24) is 4.57 Å². The van der Waals surface area contributed by atoms with Crippen LogP contribution in [0.5, 0.6) is 0 Å². The lowest BCUT2D eigenvalue weighted by atomic mass is 9.33. The van der Waals surface area contributed by atoms with Crippen LogP contribution in [0, 0.1) is 0 Å². The van der Waals surface area contributed by atoms with Gasteiger partial charge in [-0.1, -0.05) is 334 Å². The van der Waals surface area contributed by atoms with Gasteiger partial charge >= 0.3 is 0 Å². The van der Waals surface area contributed by atoms with Gasteiger partial charge in [0.25, 0.3) is 6.71 Å². The van der Waals surface area contributed by atoms with E-state index in [1.807, 2.05) is 0 Å². The van der Waals surface area contributed by atoms with Gasteiger partial charge in [0.05, 0.1) is 22.4 Å². The molecule has 0 saturated carbocycles. The first-order valence-corrected chi connectivity index (χ1v) is 40.2. The molecule has 0 spiro atoms. The molecule has 0 radical (unpaired) electrons. The van der Waals surface area contributed by atoms with E-state index in [0.29, 0.717) is 0 Å². The lowest BCUT2D eigenvalue weighted by Gasteiger charge is -2.46. The van der Waals surface area contributed by atoms with Gasteiger partial charge in [-0.15, -0.1) is 0 Å². The van der Waals surface area contributed by atoms with Crippen LogP contribution in [-0.2, 0) is 27.1 Å². The average molecular weight is 1450 g/mol. The molecule has 1 aromatic heterocycles. The molecule has 2 aliphatic rings. The second kappa shape index (κ2) is 25.8. The predicted octanol–water partition coefficient (Wildman–Crippen LogP) is 28.3. The lowest BCUT2D eigenvalue weighted by Crippen LogP contribution is -2.61. The Balaban J connectivity index is 1.01. The van der Waals surface area contributed by atoms with Gasteiger partial charge in [0, 0.05) is 61.5 Å². The highest BCUT2D eigenvalue weighted by Gasteiger charge is 2.46. The Kier molecular flexibility index (Phi) is 16.2. The van der Waals surface area contributed by atoms with Crippen molar-refractivity contribution in [3.05, 3.63) is 337 Å². The van der Waals surface area contributed by atoms with Crippen LogP contribution in [0.4, 0.5) is 34.1 Å². The van der Waals surface area contributed by atoms with Crippen molar-refractivity contribution in [3.8, 4) is 72.4 Å². The Morgan fingerprint density at radius 2 is 0.607 bits per heavy atom. The Hall–Kier alpha value is -12.0. The Morgan fingerprint density at radius 3 is 1.04 bits per heavy atom. The lowest BCUT2D eigenvalue weighted by molar-refractivity contribution is 0.590. The van der Waals surface area contributed by atoms with E-state index in [1.54, 1.807) is 0 Å². The van der Waals surface area contributed by atoms with Gasteiger partial charge in [0.15, 0.2) is 0 Å². The third-order valence-corrected chi connectivity index (χ3v) is 24.5. The Labute approximate surface area is 661 Å². The summed E-state index contributed by atoms with van der Waals surface area (Å²) >= 11 is 0. The maximum atomic E-state index is 2.75. The molecule has 17 aromatic rings. The highest BCUT2D eigenvalue weighted by molar-refractivity contribution is 7.00. The maximum Gasteiger partial charge on any atom is 0.252 e. The zero-order valence-corrected chi connectivity index (χ0v) is 67.4. The molecule has 4 heteroatoms. The molecule has 3 heterocycles. The summed E-state index contributed by atoms with van der Waals surface area (Å²) in [4.78, 5) is 5.50. The van der Waals surface area contributed by atoms with E-state index in [9.17, 15) is 0 Å². The van der Waals surface area contributed by atoms with E-state index in [1.165, 1.54) is 115 Å². The van der Waals surface area contributed by atoms with Crippen LogP contribution in [0.15, 0.2) is 309 Å². The van der Waals surface area contributed by atoms with Gasteiger partial charge in [-0.25, -0.2) is 0 Å². The minimum absolute atomic E-state index is 0.0670. The molecule has 3 nitrogen and oxygen atoms in total. The summed E-state index contributed by atoms with van der Waals surface area (Å²) in [6.07, 6.45) is 0. The first-order valence-electron chi connectivity index (χ1n) is 40.2. The fraction of sp³-hybridized carbons (Fsp3) is 0.185. The van der Waals surface area contributed by atoms with Crippen molar-refractivity contribution in [2.24, 2.45) is 0 Å². The van der Waals surface area contributed by atoms with Crippen molar-refractivity contribution in [2.45, 2.75) is 131 Å². The molecule has 0 fully saturated rings. The maximum absolute atomic E-state index is 2.75. The molecule has 0 unspecified atom stereocenters. The molecule has 2 aliphatic heterocycles. The third kappa shape index (κ3) is 11.7. The second-order valence-corrected chi connectivity index (χ2v) is 36.9. The summed E-state index contributed by atoms with van der Waals surface area (Å²) in [7, 11) is 0. The van der Waals surface area contributed by atoms with E-state index in [4.69, 9.17) is 0 Å². The van der Waals surface area contributed by atoms with Crippen molar-refractivity contribution >= 4 is 111 Å². The van der Waals surface area contributed by atoms with Crippen LogP contribution in [0.25, 0.3) is 127 Å². The average Bonchev–Trinajstić information content (AvgIpc) is 0.739. The number of benzene rings is 16. The number of nitrogens with zero attached hydrogens (tertiary/aromatic N) is 3. The smallest absolute Gasteiger partial charge is 0.252 e. The molecule has 0 aliphatic carbocycles. The number of rotatable bonds is 9. The fourth-order valence-corrected chi connectivity index (χ4v) is 18.3. The molecular formula is C108H96BN3. The summed E-state index contributed by atoms with van der Waals surface area (Å²) in [6, 6.07) is 120. The van der Waals surface area contributed by atoms with Gasteiger partial charge < -0.3 is 14.4 Å². The van der Waals surface area contributed by atoms with Crippen LogP contribution < -0.4 is 26.2 Å². The summed E-state index contributed by atoms with van der Waals surface area (Å²) < 4.78 is 2.58. The normalized spacial score (nSPS) is 13.3. The molecule has 0 N–H and O–H groups in total. The van der Waals surface area contributed by atoms with E-state index in [0.717, 1.165) is 89.9 Å². The topological polar surface area (TPSA) is 11.4 Å². The van der Waals surface area contributed by atoms with E-state index in [-0.39, 0.29) is 33.8 Å². The number of hydrogen-bond donors (Lipinski definition) is 0. The molecule has 0 saturated heterocycles. The molecule has 0 amide bonds. The Morgan fingerprint density at radius 1 is 0.232 bits per heavy atom. The molecule has 546 valence electrons. The standard InChI is InChI=1S/C108H96BN3/c1-104(2,3)77-46-41-67(42-47-77)76-58-97-101-98(59-76)112(103-87(70-33-24-18-25-34-70)64-81(108(13,14)15)65-88(103)71-35-26-19-27-36-71)96-66-82(110-93-55-48-78(105(4,5)6)60-89(93)90-61-79(106(7,8)9)49-56-94(90)110)50-54-92(96)109(101)91-53-45-75(83-51-43-74-40-39-72-37-28-38-73-44-52-84(83)100(74)99(72)73)57-95(91)111(97)102-85(68-29-20-16-21-30-68)62-80(107(10,11)12)63-86(102)69-31-22-17-23-32-69/h16-66H,1-15H3. The molecule has 16 aromatic carbocycles. The largest absolute Gasteiger partial charge is 0.310 e. The summed E-state index contributed by atoms with van der Waals surface area (Å²) in [6.45, 7) is 34.9. The molecular weight excluding hydrogens is 1350 g/mol. The van der Waals surface area contributed by atoms with E-state index >= 15 is 0 Å². The zero-order valence-electron chi connectivity index (χ0n) is 67.4. The van der Waals surface area contributed by atoms with E-state index < -0.39 is 0 Å². The molecule has 0 bridgehead atoms. The van der Waals surface area contributed by atoms with Gasteiger partial charge in [-0.3, -0.25) is 0 Å². The van der Waals surface area contributed by atoms with E-state index in [2.05, 4.69) is 428 Å². The quantitative estimate of drug-likeness (QED) is 0.105. The minimum Gasteiger partial charge on any atom is -0.310 e. The van der Waals surface area contributed by atoms with Gasteiger partial charge in [0.2, 0.25) is 0 Å². The number of fused-ring (bicyclic) bond motifs is 7. The summed E-state index contributed by atoms with van der Waals surface area (Å²) in [5.74, 6) is 0. The summed E-state index contributed by atoms with van der Waals surface area (Å²) in [5.41, 5.74) is 33.7. The van der Waals surface area contributed by atoms with Crippen LogP contribution in [-0.4, -0.2) is 11.3 Å². The third-order valence-electron chi connectivity index (χ3n) is 24.5. The highest BCUT2D eigenvalue weighted by atomic mass is 15.2. The second-order valence-electron chi connectivity index (χ2n) is 36.9. The summed E-state index contributed by atoms with van der Waals surface area (Å²) in [5, 5.41) is 10.2. The van der Waals surface area contributed by atoms with Crippen molar-refractivity contribution in [2.75, 3.05) is 9.80 Å². The van der Waals surface area contributed by atoms with Crippen molar-refractivity contribution in [3.63, 3.8) is 0 Å². The van der Waals surface area contributed by atoms with Crippen LogP contribution in [0.3, 0.4) is 0 Å². The molecule has 112 heavy (non-hydrogen) atoms. The van der Waals surface area contributed by atoms with Gasteiger partial charge in [0.1, 0.15) is 0 Å². The first-order chi connectivity index (χ1) is 53.7. The first kappa shape index (κ1) is 70.4. The minimum atomic E-state index is -0.269. The van der Waals surface area contributed by atoms with Gasteiger partial charge in [-0.05, 0) is 227 Å². The Bertz CT molecular complexity index is 6400. The number of hydrogen-bond acceptors (Lipinski definition) is 2. The predicted molar refractivity (Wildman–Crippen MR) is 485 cm³/mol. The number of anilines is 6. The fourth-order valence-electron chi connectivity index (χ4n) is 18.3. The highest BCUT2D eigenvalue weighted by Crippen LogP contribution is 2.57. The van der Waals surface area contributed by atoms with Crippen LogP contribution in [0.1, 0.15) is 132 Å². The van der Waals surface area contributed by atoms with Crippen molar-refractivity contribution < 1.29 is 0 Å².